The number of nitrogens with one attached hydrogen (secondary N) is 1. The second-order valence-corrected chi connectivity index (χ2v) is 8.12. The molecule has 21 heavy (non-hydrogen) atoms. The molecule has 1 rings (SSSR count). The van der Waals surface area contributed by atoms with Crippen LogP contribution < -0.4 is 10.1 Å². The Labute approximate surface area is 131 Å². The lowest BCUT2D eigenvalue weighted by Gasteiger charge is -2.33. The lowest BCUT2D eigenvalue weighted by atomic mass is 9.72. The molecule has 1 unspecified atom stereocenters. The molecule has 2 nitrogen and oxygen atoms in total. The first-order chi connectivity index (χ1) is 9.64. The van der Waals surface area contributed by atoms with E-state index in [1.165, 1.54) is 12.0 Å². The average Bonchev–Trinajstić information content (AvgIpc) is 2.34. The minimum absolute atomic E-state index is 0.191. The maximum atomic E-state index is 5.85. The Morgan fingerprint density at radius 1 is 1.05 bits per heavy atom. The van der Waals surface area contributed by atoms with Gasteiger partial charge in [-0.3, -0.25) is 0 Å². The van der Waals surface area contributed by atoms with Crippen LogP contribution in [0.3, 0.4) is 0 Å². The first kappa shape index (κ1) is 18.0. The molecular weight excluding hydrogens is 258 g/mol. The molecule has 0 aliphatic rings. The topological polar surface area (TPSA) is 21.3 Å². The van der Waals surface area contributed by atoms with Gasteiger partial charge in [-0.1, -0.05) is 53.7 Å². The van der Waals surface area contributed by atoms with Gasteiger partial charge in [0.2, 0.25) is 0 Å². The fourth-order valence-electron chi connectivity index (χ4n) is 3.08. The standard InChI is InChI=1S/C19H33NO/c1-15(12-20-7)13-21-17-10-8-16(9-11-17)19(5,6)14-18(2,3)4/h8-11,15,20H,12-14H2,1-7H3. The lowest BCUT2D eigenvalue weighted by molar-refractivity contribution is 0.257. The molecule has 0 aliphatic heterocycles. The summed E-state index contributed by atoms with van der Waals surface area (Å²) < 4.78 is 5.85. The van der Waals surface area contributed by atoms with Crippen molar-refractivity contribution in [2.24, 2.45) is 11.3 Å². The molecule has 0 aromatic heterocycles. The van der Waals surface area contributed by atoms with Crippen molar-refractivity contribution in [3.63, 3.8) is 0 Å². The molecule has 0 saturated carbocycles. The fraction of sp³-hybridized carbons (Fsp3) is 0.684. The second-order valence-electron chi connectivity index (χ2n) is 8.12. The van der Waals surface area contributed by atoms with Crippen LogP contribution >= 0.6 is 0 Å². The Hall–Kier alpha value is -1.02. The normalized spacial score (nSPS) is 14.0. The van der Waals surface area contributed by atoms with E-state index in [1.807, 2.05) is 7.05 Å². The summed E-state index contributed by atoms with van der Waals surface area (Å²) in [6.07, 6.45) is 1.17. The number of hydrogen-bond donors (Lipinski definition) is 1. The zero-order valence-corrected chi connectivity index (χ0v) is 14.9. The quantitative estimate of drug-likeness (QED) is 0.790. The second kappa shape index (κ2) is 7.31. The predicted molar refractivity (Wildman–Crippen MR) is 92.1 cm³/mol. The fourth-order valence-corrected chi connectivity index (χ4v) is 3.08. The average molecular weight is 291 g/mol. The third-order valence-corrected chi connectivity index (χ3v) is 3.70. The molecule has 0 spiro atoms. The van der Waals surface area contributed by atoms with Crippen molar-refractivity contribution in [3.05, 3.63) is 29.8 Å². The Kier molecular flexibility index (Phi) is 6.27. The molecule has 0 amide bonds. The van der Waals surface area contributed by atoms with Crippen LogP contribution in [0.1, 0.15) is 53.5 Å². The number of hydrogen-bond acceptors (Lipinski definition) is 2. The maximum absolute atomic E-state index is 5.85. The monoisotopic (exact) mass is 291 g/mol. The molecule has 1 aromatic rings. The van der Waals surface area contributed by atoms with Crippen molar-refractivity contribution in [3.8, 4) is 5.75 Å². The minimum atomic E-state index is 0.191. The highest BCUT2D eigenvalue weighted by Gasteiger charge is 2.27. The summed E-state index contributed by atoms with van der Waals surface area (Å²) in [5.74, 6) is 1.49. The third kappa shape index (κ3) is 6.52. The van der Waals surface area contributed by atoms with E-state index in [2.05, 4.69) is 71.1 Å². The van der Waals surface area contributed by atoms with Crippen molar-refractivity contribution in [1.29, 1.82) is 0 Å². The van der Waals surface area contributed by atoms with Gasteiger partial charge < -0.3 is 10.1 Å². The summed E-state index contributed by atoms with van der Waals surface area (Å²) >= 11 is 0. The van der Waals surface area contributed by atoms with Crippen LogP contribution in [0, 0.1) is 11.3 Å². The van der Waals surface area contributed by atoms with Crippen LogP contribution in [0.15, 0.2) is 24.3 Å². The number of rotatable bonds is 7. The van der Waals surface area contributed by atoms with Gasteiger partial charge >= 0.3 is 0 Å². The van der Waals surface area contributed by atoms with Crippen LogP contribution in [-0.4, -0.2) is 20.2 Å². The minimum Gasteiger partial charge on any atom is -0.493 e. The van der Waals surface area contributed by atoms with E-state index >= 15 is 0 Å². The van der Waals surface area contributed by atoms with Crippen molar-refractivity contribution in [2.75, 3.05) is 20.2 Å². The van der Waals surface area contributed by atoms with Crippen LogP contribution in [0.5, 0.6) is 5.75 Å². The van der Waals surface area contributed by atoms with Gasteiger partial charge in [-0.05, 0) is 42.0 Å². The van der Waals surface area contributed by atoms with E-state index < -0.39 is 0 Å². The molecule has 0 saturated heterocycles. The Morgan fingerprint density at radius 3 is 2.10 bits per heavy atom. The zero-order chi connectivity index (χ0) is 16.1. The molecule has 120 valence electrons. The zero-order valence-electron chi connectivity index (χ0n) is 14.9. The van der Waals surface area contributed by atoms with Crippen LogP contribution in [-0.2, 0) is 5.41 Å². The summed E-state index contributed by atoms with van der Waals surface area (Å²) in [5, 5.41) is 3.17. The molecule has 0 fully saturated rings. The van der Waals surface area contributed by atoms with Crippen molar-refractivity contribution in [1.82, 2.24) is 5.32 Å². The Morgan fingerprint density at radius 2 is 1.62 bits per heavy atom. The lowest BCUT2D eigenvalue weighted by Crippen LogP contribution is -2.24. The van der Waals surface area contributed by atoms with Gasteiger partial charge in [0.05, 0.1) is 6.61 Å². The predicted octanol–water partition coefficient (Wildman–Crippen LogP) is 4.63. The molecule has 2 heteroatoms. The molecule has 0 bridgehead atoms. The highest BCUT2D eigenvalue weighted by Crippen LogP contribution is 2.36. The first-order valence-electron chi connectivity index (χ1n) is 8.02. The van der Waals surface area contributed by atoms with Crippen molar-refractivity contribution in [2.45, 2.75) is 53.4 Å². The molecule has 1 N–H and O–H groups in total. The SMILES string of the molecule is CNCC(C)COc1ccc(C(C)(C)CC(C)(C)C)cc1. The largest absolute Gasteiger partial charge is 0.493 e. The van der Waals surface area contributed by atoms with E-state index in [1.54, 1.807) is 0 Å². The molecular formula is C19H33NO. The number of ether oxygens (including phenoxy) is 1. The van der Waals surface area contributed by atoms with Gasteiger partial charge in [-0.15, -0.1) is 0 Å². The molecule has 0 radical (unpaired) electrons. The van der Waals surface area contributed by atoms with Crippen LogP contribution in [0.4, 0.5) is 0 Å². The molecule has 0 heterocycles. The van der Waals surface area contributed by atoms with E-state index in [0.717, 1.165) is 18.9 Å². The Bertz CT molecular complexity index is 414. The summed E-state index contributed by atoms with van der Waals surface area (Å²) in [4.78, 5) is 0. The third-order valence-electron chi connectivity index (χ3n) is 3.70. The maximum Gasteiger partial charge on any atom is 0.119 e. The summed E-state index contributed by atoms with van der Waals surface area (Å²) in [5.41, 5.74) is 1.91. The number of benzene rings is 1. The van der Waals surface area contributed by atoms with Gasteiger partial charge in [0, 0.05) is 12.5 Å². The molecule has 1 atom stereocenters. The van der Waals surface area contributed by atoms with Crippen molar-refractivity contribution < 1.29 is 4.74 Å². The van der Waals surface area contributed by atoms with Gasteiger partial charge in [0.15, 0.2) is 0 Å². The summed E-state index contributed by atoms with van der Waals surface area (Å²) in [6, 6.07) is 8.63. The van der Waals surface area contributed by atoms with Gasteiger partial charge in [-0.25, -0.2) is 0 Å². The smallest absolute Gasteiger partial charge is 0.119 e. The molecule has 0 aliphatic carbocycles. The highest BCUT2D eigenvalue weighted by molar-refractivity contribution is 5.31. The van der Waals surface area contributed by atoms with Gasteiger partial charge in [0.1, 0.15) is 5.75 Å². The highest BCUT2D eigenvalue weighted by atomic mass is 16.5. The van der Waals surface area contributed by atoms with Gasteiger partial charge in [-0.2, -0.15) is 0 Å². The van der Waals surface area contributed by atoms with E-state index in [4.69, 9.17) is 4.74 Å². The first-order valence-corrected chi connectivity index (χ1v) is 8.02. The van der Waals surface area contributed by atoms with Crippen molar-refractivity contribution >= 4 is 0 Å². The van der Waals surface area contributed by atoms with Crippen LogP contribution in [0.2, 0.25) is 0 Å². The molecule has 1 aromatic carbocycles. The van der Waals surface area contributed by atoms with Crippen LogP contribution in [0.25, 0.3) is 0 Å². The summed E-state index contributed by atoms with van der Waals surface area (Å²) in [6.45, 7) is 15.5. The Balaban J connectivity index is 2.65. The summed E-state index contributed by atoms with van der Waals surface area (Å²) in [7, 11) is 1.97. The van der Waals surface area contributed by atoms with E-state index in [9.17, 15) is 0 Å². The van der Waals surface area contributed by atoms with E-state index in [0.29, 0.717) is 11.3 Å². The van der Waals surface area contributed by atoms with Gasteiger partial charge in [0.25, 0.3) is 0 Å². The van der Waals surface area contributed by atoms with E-state index in [-0.39, 0.29) is 5.41 Å².